The molecule has 1 aromatic heterocycles. The summed E-state index contributed by atoms with van der Waals surface area (Å²) < 4.78 is 31.6. The van der Waals surface area contributed by atoms with E-state index in [1.165, 1.54) is 36.4 Å². The average Bonchev–Trinajstić information content (AvgIpc) is 3.17. The Morgan fingerprint density at radius 1 is 1.00 bits per heavy atom. The van der Waals surface area contributed by atoms with E-state index in [0.717, 1.165) is 0 Å². The number of amides is 1. The molecule has 1 aliphatic rings. The zero-order valence-electron chi connectivity index (χ0n) is 15.0. The van der Waals surface area contributed by atoms with Crippen molar-refractivity contribution >= 4 is 5.91 Å². The number of piperazine rings is 1. The number of nitrogens with zero attached hydrogens (tertiary/aromatic N) is 4. The summed E-state index contributed by atoms with van der Waals surface area (Å²) in [6.07, 6.45) is 0. The maximum Gasteiger partial charge on any atom is 0.258 e. The van der Waals surface area contributed by atoms with Crippen LogP contribution < -0.4 is 0 Å². The lowest BCUT2D eigenvalue weighted by molar-refractivity contribution is 0.0624. The van der Waals surface area contributed by atoms with Gasteiger partial charge in [-0.15, -0.1) is 0 Å². The topological polar surface area (TPSA) is 62.5 Å². The first-order valence-corrected chi connectivity index (χ1v) is 8.94. The molecular weight excluding hydrogens is 366 g/mol. The van der Waals surface area contributed by atoms with Gasteiger partial charge < -0.3 is 9.42 Å². The van der Waals surface area contributed by atoms with Crippen LogP contribution in [0.4, 0.5) is 8.78 Å². The van der Waals surface area contributed by atoms with Crippen molar-refractivity contribution < 1.29 is 18.1 Å². The highest BCUT2D eigenvalue weighted by Crippen LogP contribution is 2.19. The Bertz CT molecular complexity index is 966. The van der Waals surface area contributed by atoms with Gasteiger partial charge in [0, 0.05) is 37.3 Å². The van der Waals surface area contributed by atoms with Crippen molar-refractivity contribution in [1.29, 1.82) is 0 Å². The zero-order valence-corrected chi connectivity index (χ0v) is 15.0. The lowest BCUT2D eigenvalue weighted by Crippen LogP contribution is -2.48. The number of hydrogen-bond acceptors (Lipinski definition) is 5. The van der Waals surface area contributed by atoms with Crippen LogP contribution >= 0.6 is 0 Å². The largest absolute Gasteiger partial charge is 0.336 e. The van der Waals surface area contributed by atoms with E-state index in [1.807, 2.05) is 0 Å². The minimum absolute atomic E-state index is 0.104. The van der Waals surface area contributed by atoms with E-state index >= 15 is 0 Å². The number of benzene rings is 2. The first-order valence-electron chi connectivity index (χ1n) is 8.94. The minimum atomic E-state index is -0.362. The first kappa shape index (κ1) is 18.2. The van der Waals surface area contributed by atoms with Gasteiger partial charge in [-0.2, -0.15) is 4.98 Å². The molecule has 2 heterocycles. The number of carbonyl (C=O) groups is 1. The minimum Gasteiger partial charge on any atom is -0.336 e. The summed E-state index contributed by atoms with van der Waals surface area (Å²) in [5.41, 5.74) is 1.02. The zero-order chi connectivity index (χ0) is 19.5. The molecular formula is C20H18F2N4O2. The van der Waals surface area contributed by atoms with Gasteiger partial charge in [0.25, 0.3) is 11.8 Å². The molecule has 8 heteroatoms. The Hall–Kier alpha value is -3.13. The molecule has 0 spiro atoms. The number of hydrogen-bond donors (Lipinski definition) is 0. The Morgan fingerprint density at radius 2 is 1.75 bits per heavy atom. The van der Waals surface area contributed by atoms with Gasteiger partial charge in [0.2, 0.25) is 0 Å². The first-order chi connectivity index (χ1) is 13.6. The van der Waals surface area contributed by atoms with Crippen molar-refractivity contribution in [2.75, 3.05) is 26.2 Å². The SMILES string of the molecule is O=C(c1ccc(F)cc1)N1CCN(Cc2noc(-c3cccc(F)c3)n2)CC1. The van der Waals surface area contributed by atoms with Crippen molar-refractivity contribution in [3.63, 3.8) is 0 Å². The lowest BCUT2D eigenvalue weighted by Gasteiger charge is -2.34. The molecule has 6 nitrogen and oxygen atoms in total. The molecule has 1 saturated heterocycles. The van der Waals surface area contributed by atoms with E-state index in [4.69, 9.17) is 4.52 Å². The van der Waals surface area contributed by atoms with E-state index in [9.17, 15) is 13.6 Å². The van der Waals surface area contributed by atoms with Gasteiger partial charge in [-0.3, -0.25) is 9.69 Å². The molecule has 1 aliphatic heterocycles. The molecule has 1 fully saturated rings. The Morgan fingerprint density at radius 3 is 2.46 bits per heavy atom. The van der Waals surface area contributed by atoms with Gasteiger partial charge in [0.15, 0.2) is 5.82 Å². The van der Waals surface area contributed by atoms with Gasteiger partial charge in [0.1, 0.15) is 11.6 Å². The van der Waals surface area contributed by atoms with Crippen molar-refractivity contribution in [3.8, 4) is 11.5 Å². The van der Waals surface area contributed by atoms with Crippen LogP contribution in [0.1, 0.15) is 16.2 Å². The molecule has 2 aromatic carbocycles. The van der Waals surface area contributed by atoms with Gasteiger partial charge in [-0.25, -0.2) is 8.78 Å². The fourth-order valence-corrected chi connectivity index (χ4v) is 3.14. The molecule has 4 rings (SSSR count). The van der Waals surface area contributed by atoms with Crippen LogP contribution in [0.25, 0.3) is 11.5 Å². The second-order valence-corrected chi connectivity index (χ2v) is 6.60. The normalized spacial score (nSPS) is 15.0. The third-order valence-corrected chi connectivity index (χ3v) is 4.66. The van der Waals surface area contributed by atoms with Gasteiger partial charge in [0.05, 0.1) is 6.54 Å². The molecule has 3 aromatic rings. The fourth-order valence-electron chi connectivity index (χ4n) is 3.14. The molecule has 28 heavy (non-hydrogen) atoms. The predicted octanol–water partition coefficient (Wildman–Crippen LogP) is 2.97. The van der Waals surface area contributed by atoms with E-state index in [-0.39, 0.29) is 23.4 Å². The van der Waals surface area contributed by atoms with Crippen molar-refractivity contribution in [3.05, 3.63) is 71.6 Å². The number of aromatic nitrogens is 2. The van der Waals surface area contributed by atoms with E-state index in [0.29, 0.717) is 49.7 Å². The summed E-state index contributed by atoms with van der Waals surface area (Å²) in [4.78, 5) is 20.7. The molecule has 0 radical (unpaired) electrons. The van der Waals surface area contributed by atoms with Gasteiger partial charge in [-0.05, 0) is 42.5 Å². The number of halogens is 2. The Balaban J connectivity index is 1.33. The third-order valence-electron chi connectivity index (χ3n) is 4.66. The van der Waals surface area contributed by atoms with Crippen LogP contribution in [0.15, 0.2) is 53.1 Å². The average molecular weight is 384 g/mol. The summed E-state index contributed by atoms with van der Waals surface area (Å²) in [5, 5.41) is 3.96. The molecule has 0 atom stereocenters. The summed E-state index contributed by atoms with van der Waals surface area (Å²) in [6, 6.07) is 11.6. The van der Waals surface area contributed by atoms with Crippen LogP contribution in [0, 0.1) is 11.6 Å². The van der Waals surface area contributed by atoms with Crippen LogP contribution in [0.2, 0.25) is 0 Å². The molecule has 144 valence electrons. The Labute approximate surface area is 160 Å². The van der Waals surface area contributed by atoms with Crippen LogP contribution in [0.3, 0.4) is 0 Å². The maximum absolute atomic E-state index is 13.3. The molecule has 0 N–H and O–H groups in total. The highest BCUT2D eigenvalue weighted by molar-refractivity contribution is 5.94. The highest BCUT2D eigenvalue weighted by Gasteiger charge is 2.23. The van der Waals surface area contributed by atoms with Crippen LogP contribution in [0.5, 0.6) is 0 Å². The molecule has 0 unspecified atom stereocenters. The van der Waals surface area contributed by atoms with E-state index < -0.39 is 0 Å². The van der Waals surface area contributed by atoms with E-state index in [1.54, 1.807) is 17.0 Å². The molecule has 0 saturated carbocycles. The number of rotatable bonds is 4. The number of carbonyl (C=O) groups excluding carboxylic acids is 1. The standard InChI is InChI=1S/C20H18F2N4O2/c21-16-6-4-14(5-7-16)20(27)26-10-8-25(9-11-26)13-18-23-19(28-24-18)15-2-1-3-17(22)12-15/h1-7,12H,8-11,13H2. The molecule has 1 amide bonds. The van der Waals surface area contributed by atoms with Crippen molar-refractivity contribution in [1.82, 2.24) is 19.9 Å². The second-order valence-electron chi connectivity index (χ2n) is 6.60. The monoisotopic (exact) mass is 384 g/mol. The summed E-state index contributed by atoms with van der Waals surface area (Å²) in [5.74, 6) is -0.0388. The Kier molecular flexibility index (Phi) is 5.12. The van der Waals surface area contributed by atoms with Crippen molar-refractivity contribution in [2.24, 2.45) is 0 Å². The fraction of sp³-hybridized carbons (Fsp3) is 0.250. The highest BCUT2D eigenvalue weighted by atomic mass is 19.1. The van der Waals surface area contributed by atoms with Gasteiger partial charge >= 0.3 is 0 Å². The molecule has 0 aliphatic carbocycles. The maximum atomic E-state index is 13.3. The smallest absolute Gasteiger partial charge is 0.258 e. The van der Waals surface area contributed by atoms with Crippen LogP contribution in [-0.2, 0) is 6.54 Å². The third kappa shape index (κ3) is 4.07. The summed E-state index contributed by atoms with van der Waals surface area (Å²) in [7, 11) is 0. The lowest BCUT2D eigenvalue weighted by atomic mass is 10.2. The summed E-state index contributed by atoms with van der Waals surface area (Å²) >= 11 is 0. The second kappa shape index (κ2) is 7.85. The van der Waals surface area contributed by atoms with Crippen molar-refractivity contribution in [2.45, 2.75) is 6.54 Å². The quantitative estimate of drug-likeness (QED) is 0.692. The van der Waals surface area contributed by atoms with Gasteiger partial charge in [-0.1, -0.05) is 11.2 Å². The van der Waals surface area contributed by atoms with E-state index in [2.05, 4.69) is 15.0 Å². The molecule has 0 bridgehead atoms. The summed E-state index contributed by atoms with van der Waals surface area (Å²) in [6.45, 7) is 2.93. The predicted molar refractivity (Wildman–Crippen MR) is 97.3 cm³/mol. The van der Waals surface area contributed by atoms with Crippen LogP contribution in [-0.4, -0.2) is 52.0 Å².